The number of nitrogens with one attached hydrogen (secondary N) is 1. The van der Waals surface area contributed by atoms with Crippen LogP contribution in [0.3, 0.4) is 0 Å². The first kappa shape index (κ1) is 19.6. The van der Waals surface area contributed by atoms with Gasteiger partial charge in [0.05, 0.1) is 23.6 Å². The Labute approximate surface area is 165 Å². The summed E-state index contributed by atoms with van der Waals surface area (Å²) in [7, 11) is 1.59. The Balaban J connectivity index is 2.00. The number of carbonyl (C=O) groups is 1. The molecule has 0 saturated heterocycles. The van der Waals surface area contributed by atoms with Gasteiger partial charge in [-0.15, -0.1) is 11.3 Å². The highest BCUT2D eigenvalue weighted by Gasteiger charge is 2.17. The number of aryl methyl sites for hydroxylation is 2. The second kappa shape index (κ2) is 8.69. The van der Waals surface area contributed by atoms with Crippen LogP contribution in [-0.4, -0.2) is 41.5 Å². The fourth-order valence-electron chi connectivity index (χ4n) is 2.64. The van der Waals surface area contributed by atoms with Crippen LogP contribution in [0.2, 0.25) is 0 Å². The molecule has 0 unspecified atom stereocenters. The summed E-state index contributed by atoms with van der Waals surface area (Å²) in [6, 6.07) is 7.80. The zero-order valence-electron chi connectivity index (χ0n) is 15.4. The molecule has 8 heteroatoms. The maximum Gasteiger partial charge on any atom is 0.276 e. The minimum absolute atomic E-state index is 0.106. The lowest BCUT2D eigenvalue weighted by atomic mass is 10.1. The van der Waals surface area contributed by atoms with Crippen molar-refractivity contribution in [1.29, 1.82) is 0 Å². The summed E-state index contributed by atoms with van der Waals surface area (Å²) in [5.41, 5.74) is 3.39. The van der Waals surface area contributed by atoms with Crippen molar-refractivity contribution in [3.8, 4) is 5.69 Å². The number of ether oxygens (including phenoxy) is 1. The van der Waals surface area contributed by atoms with Gasteiger partial charge in [0.2, 0.25) is 5.91 Å². The molecule has 6 nitrogen and oxygen atoms in total. The van der Waals surface area contributed by atoms with Crippen molar-refractivity contribution in [2.45, 2.75) is 19.0 Å². The Morgan fingerprint density at radius 2 is 2.15 bits per heavy atom. The summed E-state index contributed by atoms with van der Waals surface area (Å²) in [5, 5.41) is 5.16. The molecule has 0 spiro atoms. The molecule has 27 heavy (non-hydrogen) atoms. The van der Waals surface area contributed by atoms with Crippen LogP contribution in [-0.2, 0) is 9.53 Å². The zero-order chi connectivity index (χ0) is 19.4. The minimum atomic E-state index is -0.121. The normalized spacial score (nSPS) is 11.1. The Morgan fingerprint density at radius 3 is 2.93 bits per heavy atom. The number of hydrogen-bond acceptors (Lipinski definition) is 6. The van der Waals surface area contributed by atoms with Gasteiger partial charge in [0, 0.05) is 13.7 Å². The number of amides is 1. The number of methoxy groups -OCH3 is 1. The Hall–Kier alpha value is -2.16. The van der Waals surface area contributed by atoms with Gasteiger partial charge in [-0.2, -0.15) is 0 Å². The molecule has 0 aliphatic carbocycles. The van der Waals surface area contributed by atoms with E-state index in [1.807, 2.05) is 43.5 Å². The van der Waals surface area contributed by atoms with Crippen molar-refractivity contribution in [2.75, 3.05) is 26.0 Å². The third-order valence-corrected chi connectivity index (χ3v) is 5.85. The summed E-state index contributed by atoms with van der Waals surface area (Å²) < 4.78 is 7.17. The molecule has 3 aromatic rings. The first-order valence-electron chi connectivity index (χ1n) is 8.47. The standard InChI is InChI=1S/C19H21N3O3S2/c1-12-4-5-13(2)15(10-12)22-18(24)17-14(6-9-26-17)21-19(22)27-11-16(23)20-7-8-25-3/h4-6,9-10H,7-8,11H2,1-3H3,(H,20,23). The predicted molar refractivity (Wildman–Crippen MR) is 110 cm³/mol. The number of aromatic nitrogens is 2. The molecule has 0 fully saturated rings. The predicted octanol–water partition coefficient (Wildman–Crippen LogP) is 2.92. The van der Waals surface area contributed by atoms with Gasteiger partial charge in [-0.25, -0.2) is 4.98 Å². The summed E-state index contributed by atoms with van der Waals surface area (Å²) in [6.45, 7) is 4.87. The highest BCUT2D eigenvalue weighted by molar-refractivity contribution is 7.99. The first-order valence-corrected chi connectivity index (χ1v) is 10.3. The summed E-state index contributed by atoms with van der Waals surface area (Å²) in [5.74, 6) is 0.0562. The van der Waals surface area contributed by atoms with Crippen molar-refractivity contribution in [3.05, 3.63) is 51.1 Å². The van der Waals surface area contributed by atoms with E-state index in [4.69, 9.17) is 4.74 Å². The molecular weight excluding hydrogens is 382 g/mol. The molecular formula is C19H21N3O3S2. The number of rotatable bonds is 7. The van der Waals surface area contributed by atoms with Crippen LogP contribution in [0.25, 0.3) is 15.9 Å². The fourth-order valence-corrected chi connectivity index (χ4v) is 4.23. The summed E-state index contributed by atoms with van der Waals surface area (Å²) in [6.07, 6.45) is 0. The van der Waals surface area contributed by atoms with Gasteiger partial charge in [0.25, 0.3) is 5.56 Å². The molecule has 0 radical (unpaired) electrons. The molecule has 0 aliphatic rings. The van der Waals surface area contributed by atoms with Crippen molar-refractivity contribution >= 4 is 39.2 Å². The Kier molecular flexibility index (Phi) is 6.30. The molecule has 1 N–H and O–H groups in total. The van der Waals surface area contributed by atoms with Crippen LogP contribution in [0.15, 0.2) is 39.6 Å². The average Bonchev–Trinajstić information content (AvgIpc) is 3.11. The minimum Gasteiger partial charge on any atom is -0.383 e. The van der Waals surface area contributed by atoms with Gasteiger partial charge in [0.1, 0.15) is 4.70 Å². The highest BCUT2D eigenvalue weighted by atomic mass is 32.2. The summed E-state index contributed by atoms with van der Waals surface area (Å²) >= 11 is 2.64. The van der Waals surface area contributed by atoms with Crippen LogP contribution in [0, 0.1) is 13.8 Å². The van der Waals surface area contributed by atoms with Crippen LogP contribution >= 0.6 is 23.1 Å². The van der Waals surface area contributed by atoms with Gasteiger partial charge in [-0.05, 0) is 42.5 Å². The molecule has 3 rings (SSSR count). The van der Waals surface area contributed by atoms with Crippen LogP contribution in [0.5, 0.6) is 0 Å². The van der Waals surface area contributed by atoms with E-state index in [2.05, 4.69) is 10.3 Å². The monoisotopic (exact) mass is 403 g/mol. The largest absolute Gasteiger partial charge is 0.383 e. The number of benzene rings is 1. The topological polar surface area (TPSA) is 73.2 Å². The third-order valence-electron chi connectivity index (χ3n) is 4.02. The molecule has 2 aromatic heterocycles. The van der Waals surface area contributed by atoms with E-state index in [1.54, 1.807) is 11.7 Å². The lowest BCUT2D eigenvalue weighted by molar-refractivity contribution is -0.118. The number of thioether (sulfide) groups is 1. The molecule has 0 bridgehead atoms. The Bertz CT molecular complexity index is 1030. The van der Waals surface area contributed by atoms with Gasteiger partial charge >= 0.3 is 0 Å². The number of fused-ring (bicyclic) bond motifs is 1. The molecule has 2 heterocycles. The van der Waals surface area contributed by atoms with Gasteiger partial charge < -0.3 is 10.1 Å². The Morgan fingerprint density at radius 1 is 1.33 bits per heavy atom. The van der Waals surface area contributed by atoms with E-state index in [-0.39, 0.29) is 17.2 Å². The average molecular weight is 404 g/mol. The first-order chi connectivity index (χ1) is 13.0. The molecule has 1 aromatic carbocycles. The quantitative estimate of drug-likeness (QED) is 0.373. The van der Waals surface area contributed by atoms with E-state index >= 15 is 0 Å². The fraction of sp³-hybridized carbons (Fsp3) is 0.316. The number of thiophene rings is 1. The van der Waals surface area contributed by atoms with Crippen molar-refractivity contribution < 1.29 is 9.53 Å². The van der Waals surface area contributed by atoms with Gasteiger partial charge in [-0.1, -0.05) is 23.9 Å². The lowest BCUT2D eigenvalue weighted by Gasteiger charge is -2.15. The van der Waals surface area contributed by atoms with E-state index in [9.17, 15) is 9.59 Å². The zero-order valence-corrected chi connectivity index (χ0v) is 17.1. The molecule has 0 atom stereocenters. The second-order valence-electron chi connectivity index (χ2n) is 6.09. The second-order valence-corrected chi connectivity index (χ2v) is 7.95. The number of hydrogen-bond donors (Lipinski definition) is 1. The van der Waals surface area contributed by atoms with Crippen LogP contribution in [0.1, 0.15) is 11.1 Å². The number of nitrogens with zero attached hydrogens (tertiary/aromatic N) is 2. The van der Waals surface area contributed by atoms with E-state index in [0.717, 1.165) is 16.8 Å². The number of carbonyl (C=O) groups excluding carboxylic acids is 1. The molecule has 0 saturated carbocycles. The van der Waals surface area contributed by atoms with E-state index in [0.29, 0.717) is 28.5 Å². The van der Waals surface area contributed by atoms with Crippen molar-refractivity contribution in [3.63, 3.8) is 0 Å². The van der Waals surface area contributed by atoms with Gasteiger partial charge in [-0.3, -0.25) is 14.2 Å². The maximum absolute atomic E-state index is 13.1. The van der Waals surface area contributed by atoms with Crippen LogP contribution < -0.4 is 10.9 Å². The van der Waals surface area contributed by atoms with E-state index < -0.39 is 0 Å². The summed E-state index contributed by atoms with van der Waals surface area (Å²) in [4.78, 5) is 29.8. The smallest absolute Gasteiger partial charge is 0.276 e. The lowest BCUT2D eigenvalue weighted by Crippen LogP contribution is -2.29. The highest BCUT2D eigenvalue weighted by Crippen LogP contribution is 2.25. The maximum atomic E-state index is 13.1. The van der Waals surface area contributed by atoms with Crippen LogP contribution in [0.4, 0.5) is 0 Å². The molecule has 0 aliphatic heterocycles. The van der Waals surface area contributed by atoms with Gasteiger partial charge in [0.15, 0.2) is 5.16 Å². The van der Waals surface area contributed by atoms with E-state index in [1.165, 1.54) is 23.1 Å². The van der Waals surface area contributed by atoms with Crippen molar-refractivity contribution in [1.82, 2.24) is 14.9 Å². The molecule has 1 amide bonds. The SMILES string of the molecule is COCCNC(=O)CSc1nc2ccsc2c(=O)n1-c1cc(C)ccc1C. The van der Waals surface area contributed by atoms with Crippen molar-refractivity contribution in [2.24, 2.45) is 0 Å². The molecule has 142 valence electrons. The third kappa shape index (κ3) is 4.40.